The monoisotopic (exact) mass is 808 g/mol. The summed E-state index contributed by atoms with van der Waals surface area (Å²) in [6, 6.07) is 19.5. The van der Waals surface area contributed by atoms with E-state index in [1.807, 2.05) is 26.0 Å². The van der Waals surface area contributed by atoms with Crippen molar-refractivity contribution in [2.24, 2.45) is 17.8 Å². The molecule has 0 unspecified atom stereocenters. The molecule has 3 aromatic carbocycles. The van der Waals surface area contributed by atoms with E-state index >= 15 is 0 Å². The number of hydrogen-bond acceptors (Lipinski definition) is 8. The molecule has 2 aliphatic heterocycles. The number of aromatic nitrogens is 4. The van der Waals surface area contributed by atoms with Gasteiger partial charge in [0.2, 0.25) is 11.8 Å². The number of methoxy groups -OCH3 is 2. The predicted octanol–water partition coefficient (Wildman–Crippen LogP) is 7.50. The number of fused-ring (bicyclic) bond motifs is 1. The number of halogens is 1. The molecule has 2 aromatic heterocycles. The summed E-state index contributed by atoms with van der Waals surface area (Å²) in [5, 5.41) is 7.65. The van der Waals surface area contributed by atoms with Crippen molar-refractivity contribution in [3.05, 3.63) is 83.7 Å². The summed E-state index contributed by atoms with van der Waals surface area (Å²) < 4.78 is 9.39. The summed E-state index contributed by atoms with van der Waals surface area (Å²) in [5.74, 6) is 1.35. The van der Waals surface area contributed by atoms with Crippen LogP contribution in [-0.2, 0) is 19.1 Å². The van der Waals surface area contributed by atoms with Crippen LogP contribution in [0.3, 0.4) is 0 Å². The van der Waals surface area contributed by atoms with Gasteiger partial charge in [-0.3, -0.25) is 9.59 Å². The summed E-state index contributed by atoms with van der Waals surface area (Å²) in [6.07, 6.45) is 2.00. The normalized spacial score (nSPS) is 19.7. The molecule has 7 rings (SSSR count). The predicted molar refractivity (Wildman–Crippen MR) is 221 cm³/mol. The van der Waals surface area contributed by atoms with Crippen molar-refractivity contribution in [3.8, 4) is 33.6 Å². The van der Waals surface area contributed by atoms with Gasteiger partial charge in [-0.25, -0.2) is 19.6 Å². The molecular formula is C43H49ClN8O6. The molecule has 0 radical (unpaired) electrons. The molecule has 4 amide bonds. The zero-order chi connectivity index (χ0) is 41.2. The molecule has 2 aliphatic rings. The van der Waals surface area contributed by atoms with E-state index in [0.29, 0.717) is 47.9 Å². The molecule has 304 valence electrons. The van der Waals surface area contributed by atoms with Gasteiger partial charge in [0.1, 0.15) is 24.2 Å². The second kappa shape index (κ2) is 16.9. The fraction of sp³-hybridized carbons (Fsp3) is 0.395. The van der Waals surface area contributed by atoms with Crippen LogP contribution in [0, 0.1) is 17.8 Å². The summed E-state index contributed by atoms with van der Waals surface area (Å²) in [5.41, 5.74) is 5.47. The Morgan fingerprint density at radius 3 is 2.03 bits per heavy atom. The number of alkyl carbamates (subject to hydrolysis) is 2. The smallest absolute Gasteiger partial charge is 0.407 e. The maximum atomic E-state index is 13.7. The molecular weight excluding hydrogens is 760 g/mol. The number of nitrogens with zero attached hydrogens (tertiary/aromatic N) is 4. The molecule has 58 heavy (non-hydrogen) atoms. The van der Waals surface area contributed by atoms with Crippen molar-refractivity contribution >= 4 is 46.4 Å². The van der Waals surface area contributed by atoms with Gasteiger partial charge in [0.25, 0.3) is 0 Å². The van der Waals surface area contributed by atoms with Crippen LogP contribution in [0.1, 0.15) is 64.3 Å². The molecule has 0 aliphatic carbocycles. The molecule has 4 N–H and O–H groups in total. The molecule has 14 nitrogen and oxygen atoms in total. The first-order valence-corrected chi connectivity index (χ1v) is 19.9. The van der Waals surface area contributed by atoms with Crippen LogP contribution in [0.5, 0.6) is 0 Å². The molecule has 0 bridgehead atoms. The highest BCUT2D eigenvalue weighted by atomic mass is 35.5. The Bertz CT molecular complexity index is 2320. The number of ether oxygens (including phenoxy) is 2. The Hall–Kier alpha value is -5.89. The number of benzene rings is 3. The van der Waals surface area contributed by atoms with Gasteiger partial charge in [-0.05, 0) is 64.6 Å². The Balaban J connectivity index is 1.05. The number of H-pyrrole nitrogens is 2. The summed E-state index contributed by atoms with van der Waals surface area (Å²) in [6.45, 7) is 8.96. The van der Waals surface area contributed by atoms with E-state index < -0.39 is 18.2 Å². The molecule has 2 saturated heterocycles. The van der Waals surface area contributed by atoms with Crippen molar-refractivity contribution < 1.29 is 28.7 Å². The van der Waals surface area contributed by atoms with E-state index in [2.05, 4.69) is 97.7 Å². The molecule has 15 heteroatoms. The van der Waals surface area contributed by atoms with Gasteiger partial charge in [0.05, 0.1) is 43.9 Å². The number of carbonyl (C=O) groups is 4. The first-order chi connectivity index (χ1) is 27.8. The third-order valence-corrected chi connectivity index (χ3v) is 11.4. The Morgan fingerprint density at radius 1 is 0.793 bits per heavy atom. The third-order valence-electron chi connectivity index (χ3n) is 11.1. The van der Waals surface area contributed by atoms with Crippen molar-refractivity contribution in [2.75, 3.05) is 33.9 Å². The van der Waals surface area contributed by atoms with Gasteiger partial charge in [0.15, 0.2) is 5.15 Å². The van der Waals surface area contributed by atoms with E-state index in [1.165, 1.54) is 14.2 Å². The fourth-order valence-corrected chi connectivity index (χ4v) is 8.37. The number of amides is 4. The number of likely N-dealkylation sites (tertiary alicyclic amines) is 2. The lowest BCUT2D eigenvalue weighted by molar-refractivity contribution is -0.135. The van der Waals surface area contributed by atoms with E-state index in [-0.39, 0.29) is 42.3 Å². The first kappa shape index (κ1) is 40.3. The number of carbonyl (C=O) groups excluding carboxylic acids is 4. The van der Waals surface area contributed by atoms with Crippen LogP contribution in [0.15, 0.2) is 66.9 Å². The topological polar surface area (TPSA) is 175 Å². The second-order valence-electron chi connectivity index (χ2n) is 15.8. The zero-order valence-electron chi connectivity index (χ0n) is 33.5. The minimum atomic E-state index is -0.734. The maximum absolute atomic E-state index is 13.7. The quantitative estimate of drug-likeness (QED) is 0.112. The van der Waals surface area contributed by atoms with Crippen LogP contribution < -0.4 is 10.6 Å². The number of rotatable bonds is 10. The van der Waals surface area contributed by atoms with E-state index in [4.69, 9.17) is 16.3 Å². The Morgan fingerprint density at radius 2 is 1.38 bits per heavy atom. The van der Waals surface area contributed by atoms with Gasteiger partial charge in [-0.15, -0.1) is 0 Å². The summed E-state index contributed by atoms with van der Waals surface area (Å²) >= 11 is 6.73. The van der Waals surface area contributed by atoms with Crippen molar-refractivity contribution in [1.29, 1.82) is 0 Å². The molecule has 0 spiro atoms. The van der Waals surface area contributed by atoms with Crippen LogP contribution in [0.2, 0.25) is 5.15 Å². The summed E-state index contributed by atoms with van der Waals surface area (Å²) in [4.78, 5) is 70.0. The van der Waals surface area contributed by atoms with Gasteiger partial charge in [-0.2, -0.15) is 0 Å². The average molecular weight is 809 g/mol. The van der Waals surface area contributed by atoms with Crippen molar-refractivity contribution in [1.82, 2.24) is 40.4 Å². The van der Waals surface area contributed by atoms with Gasteiger partial charge >= 0.3 is 12.2 Å². The number of imidazole rings is 2. The summed E-state index contributed by atoms with van der Waals surface area (Å²) in [7, 11) is 2.55. The SMILES string of the molecule is COC(=O)NCC(=O)N1C[C@@H](C)C[C@H]1c1ncc(-c2ccc3cc(-c4ccc(-c5[nH]c([C@@H]6C[C@H](C)CN6C(=O)[C@@H](NC(=O)OC)C(C)C)nc5Cl)cc4)ccc3c2)[nH]1. The van der Waals surface area contributed by atoms with Crippen molar-refractivity contribution in [3.63, 3.8) is 0 Å². The van der Waals surface area contributed by atoms with Crippen molar-refractivity contribution in [2.45, 2.75) is 58.7 Å². The first-order valence-electron chi connectivity index (χ1n) is 19.5. The molecule has 2 fully saturated rings. The largest absolute Gasteiger partial charge is 0.453 e. The minimum absolute atomic E-state index is 0.136. The second-order valence-corrected chi connectivity index (χ2v) is 16.1. The van der Waals surface area contributed by atoms with Crippen LogP contribution in [-0.4, -0.2) is 93.6 Å². The zero-order valence-corrected chi connectivity index (χ0v) is 34.2. The number of nitrogens with one attached hydrogen (secondary N) is 4. The highest BCUT2D eigenvalue weighted by molar-refractivity contribution is 6.32. The fourth-order valence-electron chi connectivity index (χ4n) is 8.12. The molecule has 0 saturated carbocycles. The van der Waals surface area contributed by atoms with E-state index in [9.17, 15) is 19.2 Å². The maximum Gasteiger partial charge on any atom is 0.407 e. The lowest BCUT2D eigenvalue weighted by Crippen LogP contribution is -2.51. The number of hydrogen-bond donors (Lipinski definition) is 4. The standard InChI is InChI=1S/C43H49ClN8O6/c1-23(2)36(49-43(56)58-6)41(54)52-22-25(4)16-34(52)40-48-37(38(44)50-40)27-9-7-26(8-10-27)28-11-12-30-18-31(14-13-29(30)17-28)32-19-45-39(47-32)33-15-24(3)21-51(33)35(53)20-46-42(55)57-5/h7-14,17-19,23-25,33-34,36H,15-16,20-22H2,1-6H3,(H,45,47)(H,46,55)(H,48,50)(H,49,56)/t24-,25-,33-,34-,36-/m0/s1. The highest BCUT2D eigenvalue weighted by Crippen LogP contribution is 2.39. The molecule has 4 heterocycles. The Kier molecular flexibility index (Phi) is 11.8. The lowest BCUT2D eigenvalue weighted by atomic mass is 9.98. The highest BCUT2D eigenvalue weighted by Gasteiger charge is 2.41. The van der Waals surface area contributed by atoms with Crippen LogP contribution in [0.25, 0.3) is 44.4 Å². The Labute approximate surface area is 342 Å². The lowest BCUT2D eigenvalue weighted by Gasteiger charge is -2.30. The third kappa shape index (κ3) is 8.38. The van der Waals surface area contributed by atoms with Crippen LogP contribution in [0.4, 0.5) is 9.59 Å². The van der Waals surface area contributed by atoms with E-state index in [1.54, 1.807) is 16.0 Å². The van der Waals surface area contributed by atoms with Gasteiger partial charge < -0.3 is 39.9 Å². The van der Waals surface area contributed by atoms with E-state index in [0.717, 1.165) is 45.1 Å². The number of aromatic amines is 2. The van der Waals surface area contributed by atoms with Gasteiger partial charge in [-0.1, -0.05) is 87.8 Å². The minimum Gasteiger partial charge on any atom is -0.453 e. The van der Waals surface area contributed by atoms with Crippen LogP contribution >= 0.6 is 11.6 Å². The molecule has 5 atom stereocenters. The average Bonchev–Trinajstić information content (AvgIpc) is 4.04. The van der Waals surface area contributed by atoms with Gasteiger partial charge in [0, 0.05) is 24.2 Å². The molecule has 5 aromatic rings.